The number of fused-ring (bicyclic) bond motifs is 3. The lowest BCUT2D eigenvalue weighted by atomic mass is 9.90. The van der Waals surface area contributed by atoms with Crippen LogP contribution in [0.1, 0.15) is 31.2 Å². The molecule has 2 unspecified atom stereocenters. The van der Waals surface area contributed by atoms with Gasteiger partial charge in [0.1, 0.15) is 6.10 Å². The van der Waals surface area contributed by atoms with Gasteiger partial charge in [0.05, 0.1) is 40.3 Å². The number of likely N-dealkylation sites (tertiary alicyclic amines) is 1. The molecule has 0 bridgehead atoms. The number of aryl methyl sites for hydroxylation is 2. The number of aliphatic hydroxyl groups excluding tert-OH is 1. The van der Waals surface area contributed by atoms with Crippen LogP contribution in [0.5, 0.6) is 0 Å². The predicted molar refractivity (Wildman–Crippen MR) is 169 cm³/mol. The number of carbonyl (C=O) groups excluding carboxylic acids is 1. The molecule has 6 aromatic rings. The second kappa shape index (κ2) is 10.9. The lowest BCUT2D eigenvalue weighted by Gasteiger charge is -2.33. The Hall–Kier alpha value is -5.09. The normalized spacial score (nSPS) is 16.1. The molecule has 0 saturated carbocycles. The van der Waals surface area contributed by atoms with Gasteiger partial charge in [0.15, 0.2) is 0 Å². The Labute approximate surface area is 253 Å². The van der Waals surface area contributed by atoms with E-state index in [-0.39, 0.29) is 17.5 Å². The minimum atomic E-state index is -0.999. The summed E-state index contributed by atoms with van der Waals surface area (Å²) in [5, 5.41) is 14.9. The van der Waals surface area contributed by atoms with Gasteiger partial charge in [-0.1, -0.05) is 18.2 Å². The quantitative estimate of drug-likeness (QED) is 0.320. The Kier molecular flexibility index (Phi) is 6.85. The number of aliphatic hydroxyl groups is 1. The first-order valence-electron chi connectivity index (χ1n) is 14.8. The molecule has 0 aliphatic carbocycles. The van der Waals surface area contributed by atoms with E-state index < -0.39 is 6.10 Å². The smallest absolute Gasteiger partial charge is 0.333 e. The van der Waals surface area contributed by atoms with E-state index in [4.69, 9.17) is 0 Å². The molecule has 2 aromatic carbocycles. The summed E-state index contributed by atoms with van der Waals surface area (Å²) in [6.07, 6.45) is 8.14. The zero-order valence-electron chi connectivity index (χ0n) is 24.9. The molecular weight excluding hydrogens is 554 g/mol. The van der Waals surface area contributed by atoms with E-state index in [0.29, 0.717) is 13.1 Å². The van der Waals surface area contributed by atoms with E-state index in [1.54, 1.807) is 44.4 Å². The highest BCUT2D eigenvalue weighted by molar-refractivity contribution is 6.04. The van der Waals surface area contributed by atoms with Gasteiger partial charge in [-0.2, -0.15) is 5.10 Å². The molecule has 4 aromatic heterocycles. The van der Waals surface area contributed by atoms with Crippen LogP contribution in [-0.2, 0) is 18.9 Å². The molecule has 0 radical (unpaired) electrons. The minimum Gasteiger partial charge on any atom is -0.384 e. The number of rotatable bonds is 5. The van der Waals surface area contributed by atoms with Crippen molar-refractivity contribution in [1.29, 1.82) is 0 Å². The molecule has 10 nitrogen and oxygen atoms in total. The Morgan fingerprint density at radius 3 is 2.52 bits per heavy atom. The molecule has 44 heavy (non-hydrogen) atoms. The Balaban J connectivity index is 1.29. The minimum absolute atomic E-state index is 0.151. The van der Waals surface area contributed by atoms with Gasteiger partial charge < -0.3 is 10.0 Å². The van der Waals surface area contributed by atoms with Gasteiger partial charge in [-0.3, -0.25) is 28.6 Å². The third-order valence-corrected chi connectivity index (χ3v) is 8.69. The van der Waals surface area contributed by atoms with Crippen molar-refractivity contribution >= 4 is 27.8 Å². The number of benzene rings is 2. The zero-order valence-corrected chi connectivity index (χ0v) is 24.9. The topological polar surface area (TPSA) is 111 Å². The Morgan fingerprint density at radius 1 is 0.977 bits per heavy atom. The van der Waals surface area contributed by atoms with Gasteiger partial charge in [-0.25, -0.2) is 4.79 Å². The van der Waals surface area contributed by atoms with Crippen molar-refractivity contribution in [2.45, 2.75) is 31.8 Å². The summed E-state index contributed by atoms with van der Waals surface area (Å²) in [7, 11) is 3.65. The van der Waals surface area contributed by atoms with Gasteiger partial charge in [0.2, 0.25) is 0 Å². The first kappa shape index (κ1) is 27.7. The SMILES string of the molecule is CC(O)C(=O)N1CCCC(c2ccc(-n3c(=O)n(C)c4cnc5ccc(-c6ccnc(-c7cnn(C)c7)c6)cc5c43)cc2)C1. The maximum absolute atomic E-state index is 13.7. The van der Waals surface area contributed by atoms with Crippen LogP contribution in [0.2, 0.25) is 0 Å². The summed E-state index contributed by atoms with van der Waals surface area (Å²) in [5.41, 5.74) is 7.83. The van der Waals surface area contributed by atoms with Crippen LogP contribution >= 0.6 is 0 Å². The Morgan fingerprint density at radius 2 is 1.77 bits per heavy atom. The van der Waals surface area contributed by atoms with Crippen LogP contribution < -0.4 is 5.69 Å². The number of hydrogen-bond acceptors (Lipinski definition) is 6. The largest absolute Gasteiger partial charge is 0.384 e. The molecule has 1 amide bonds. The van der Waals surface area contributed by atoms with Crippen LogP contribution in [0.25, 0.3) is 50.0 Å². The average Bonchev–Trinajstić information content (AvgIpc) is 3.60. The highest BCUT2D eigenvalue weighted by atomic mass is 16.3. The lowest BCUT2D eigenvalue weighted by Crippen LogP contribution is -2.43. The van der Waals surface area contributed by atoms with E-state index >= 15 is 0 Å². The monoisotopic (exact) mass is 587 g/mol. The molecule has 1 aliphatic heterocycles. The highest BCUT2D eigenvalue weighted by Crippen LogP contribution is 2.32. The van der Waals surface area contributed by atoms with Crippen molar-refractivity contribution in [2.24, 2.45) is 14.1 Å². The summed E-state index contributed by atoms with van der Waals surface area (Å²) >= 11 is 0. The third-order valence-electron chi connectivity index (χ3n) is 8.69. The van der Waals surface area contributed by atoms with E-state index in [1.165, 1.54) is 6.92 Å². The van der Waals surface area contributed by atoms with Gasteiger partial charge >= 0.3 is 5.69 Å². The number of piperidine rings is 1. The fraction of sp³-hybridized carbons (Fsp3) is 0.265. The molecule has 5 heterocycles. The molecule has 1 aliphatic rings. The van der Waals surface area contributed by atoms with E-state index in [9.17, 15) is 14.7 Å². The van der Waals surface area contributed by atoms with E-state index in [1.807, 2.05) is 61.8 Å². The van der Waals surface area contributed by atoms with Gasteiger partial charge in [-0.05, 0) is 72.9 Å². The summed E-state index contributed by atoms with van der Waals surface area (Å²) in [6, 6.07) is 18.2. The van der Waals surface area contributed by atoms with Crippen molar-refractivity contribution in [3.05, 3.63) is 95.4 Å². The molecule has 222 valence electrons. The average molecular weight is 588 g/mol. The van der Waals surface area contributed by atoms with Crippen molar-refractivity contribution in [3.8, 4) is 28.1 Å². The predicted octanol–water partition coefficient (Wildman–Crippen LogP) is 4.43. The second-order valence-electron chi connectivity index (χ2n) is 11.6. The Bertz CT molecular complexity index is 2090. The number of aromatic nitrogens is 6. The van der Waals surface area contributed by atoms with Gasteiger partial charge in [0.25, 0.3) is 5.91 Å². The third kappa shape index (κ3) is 4.77. The first-order chi connectivity index (χ1) is 21.3. The molecule has 7 rings (SSSR count). The van der Waals surface area contributed by atoms with Crippen molar-refractivity contribution in [1.82, 2.24) is 33.8 Å². The second-order valence-corrected chi connectivity index (χ2v) is 11.6. The van der Waals surface area contributed by atoms with Gasteiger partial charge in [-0.15, -0.1) is 0 Å². The first-order valence-corrected chi connectivity index (χ1v) is 14.8. The number of hydrogen-bond donors (Lipinski definition) is 1. The molecular formula is C34H33N7O3. The maximum atomic E-state index is 13.7. The van der Waals surface area contributed by atoms with Crippen LogP contribution in [0.15, 0.2) is 84.2 Å². The standard InChI is InChI=1S/C34H33N7O3/c1-21(42)33(43)40-14-4-5-25(20-40)22-6-9-27(10-7-22)41-32-28-15-23(8-11-29(28)36-18-31(32)39(3)34(41)44)24-12-13-35-30(16-24)26-17-37-38(2)19-26/h6-13,15-19,21,25,42H,4-5,14,20H2,1-3H3. The molecule has 0 spiro atoms. The number of carbonyl (C=O) groups is 1. The van der Waals surface area contributed by atoms with Crippen molar-refractivity contribution in [2.75, 3.05) is 13.1 Å². The van der Waals surface area contributed by atoms with Crippen molar-refractivity contribution in [3.63, 3.8) is 0 Å². The van der Waals surface area contributed by atoms with Crippen LogP contribution in [0.3, 0.4) is 0 Å². The fourth-order valence-corrected chi connectivity index (χ4v) is 6.35. The summed E-state index contributed by atoms with van der Waals surface area (Å²) in [6.45, 7) is 2.76. The molecule has 1 N–H and O–H groups in total. The number of imidazole rings is 1. The summed E-state index contributed by atoms with van der Waals surface area (Å²) in [4.78, 5) is 37.1. The van der Waals surface area contributed by atoms with Gasteiger partial charge in [0, 0.05) is 56.4 Å². The zero-order chi connectivity index (χ0) is 30.5. The summed E-state index contributed by atoms with van der Waals surface area (Å²) < 4.78 is 5.15. The summed E-state index contributed by atoms with van der Waals surface area (Å²) in [5.74, 6) is -0.0530. The molecule has 1 fully saturated rings. The van der Waals surface area contributed by atoms with Crippen LogP contribution in [0.4, 0.5) is 0 Å². The lowest BCUT2D eigenvalue weighted by molar-refractivity contribution is -0.140. The van der Waals surface area contributed by atoms with Crippen molar-refractivity contribution < 1.29 is 9.90 Å². The van der Waals surface area contributed by atoms with Crippen LogP contribution in [0, 0.1) is 0 Å². The number of amides is 1. The molecule has 1 saturated heterocycles. The maximum Gasteiger partial charge on any atom is 0.333 e. The molecule has 2 atom stereocenters. The fourth-order valence-electron chi connectivity index (χ4n) is 6.35. The molecule has 10 heteroatoms. The van der Waals surface area contributed by atoms with Crippen LogP contribution in [-0.4, -0.2) is 64.0 Å². The van der Waals surface area contributed by atoms with E-state index in [2.05, 4.69) is 21.1 Å². The number of nitrogens with zero attached hydrogens (tertiary/aromatic N) is 7. The number of pyridine rings is 2. The van der Waals surface area contributed by atoms with E-state index in [0.717, 1.165) is 68.4 Å². The highest BCUT2D eigenvalue weighted by Gasteiger charge is 2.27.